The number of aromatic nitrogens is 2. The largest absolute Gasteiger partial charge is 0.449 e. The molecule has 1 aliphatic heterocycles. The van der Waals surface area contributed by atoms with E-state index in [1.54, 1.807) is 0 Å². The summed E-state index contributed by atoms with van der Waals surface area (Å²) in [5, 5.41) is 7.45. The predicted molar refractivity (Wildman–Crippen MR) is 240 cm³/mol. The summed E-state index contributed by atoms with van der Waals surface area (Å²) in [6.45, 7) is 4.56. The van der Waals surface area contributed by atoms with E-state index in [0.29, 0.717) is 17.3 Å². The Kier molecular flexibility index (Phi) is 7.24. The zero-order valence-electron chi connectivity index (χ0n) is 32.5. The van der Waals surface area contributed by atoms with Gasteiger partial charge < -0.3 is 9.47 Å². The van der Waals surface area contributed by atoms with E-state index < -0.39 is 0 Å². The van der Waals surface area contributed by atoms with E-state index in [1.165, 1.54) is 49.0 Å². The van der Waals surface area contributed by atoms with Crippen molar-refractivity contribution < 1.29 is 9.47 Å². The van der Waals surface area contributed by atoms with Crippen LogP contribution in [0.1, 0.15) is 25.0 Å². The van der Waals surface area contributed by atoms with Crippen LogP contribution in [0.3, 0.4) is 0 Å². The van der Waals surface area contributed by atoms with E-state index in [1.807, 2.05) is 30.3 Å². The summed E-state index contributed by atoms with van der Waals surface area (Å²) in [5.74, 6) is 3.63. The first kappa shape index (κ1) is 33.6. The normalized spacial score (nSPS) is 13.3. The van der Waals surface area contributed by atoms with Gasteiger partial charge >= 0.3 is 0 Å². The van der Waals surface area contributed by atoms with Crippen molar-refractivity contribution in [3.05, 3.63) is 193 Å². The second-order valence-corrected chi connectivity index (χ2v) is 16.1. The fourth-order valence-corrected chi connectivity index (χ4v) is 9.36. The molecule has 0 saturated carbocycles. The highest BCUT2D eigenvalue weighted by molar-refractivity contribution is 6.25. The first-order valence-electron chi connectivity index (χ1n) is 20.1. The molecule has 1 aliphatic carbocycles. The Hall–Kier alpha value is -7.56. The molecule has 2 heterocycles. The number of nitrogens with zero attached hydrogens (tertiary/aromatic N) is 2. The van der Waals surface area contributed by atoms with Crippen LogP contribution in [0.15, 0.2) is 182 Å². The van der Waals surface area contributed by atoms with Gasteiger partial charge in [-0.3, -0.25) is 0 Å². The maximum atomic E-state index is 6.77. The van der Waals surface area contributed by atoms with E-state index in [9.17, 15) is 0 Å². The third-order valence-electron chi connectivity index (χ3n) is 12.4. The molecule has 59 heavy (non-hydrogen) atoms. The highest BCUT2D eigenvalue weighted by atomic mass is 16.6. The van der Waals surface area contributed by atoms with Gasteiger partial charge in [0.2, 0.25) is 0 Å². The van der Waals surface area contributed by atoms with Crippen molar-refractivity contribution in [1.82, 2.24) is 9.97 Å². The lowest BCUT2D eigenvalue weighted by atomic mass is 9.82. The topological polar surface area (TPSA) is 44.2 Å². The van der Waals surface area contributed by atoms with E-state index in [2.05, 4.69) is 166 Å². The minimum atomic E-state index is -0.125. The van der Waals surface area contributed by atoms with Crippen LogP contribution in [0.25, 0.3) is 88.5 Å². The molecule has 0 radical (unpaired) electrons. The van der Waals surface area contributed by atoms with Gasteiger partial charge in [-0.15, -0.1) is 0 Å². The quantitative estimate of drug-likeness (QED) is 0.168. The molecule has 4 heteroatoms. The number of benzene rings is 9. The van der Waals surface area contributed by atoms with Gasteiger partial charge in [-0.05, 0) is 90.5 Å². The molecule has 0 bridgehead atoms. The Labute approximate surface area is 342 Å². The average molecular weight is 757 g/mol. The van der Waals surface area contributed by atoms with Gasteiger partial charge in [-0.25, -0.2) is 9.97 Å². The van der Waals surface area contributed by atoms with Crippen molar-refractivity contribution in [2.75, 3.05) is 0 Å². The summed E-state index contributed by atoms with van der Waals surface area (Å²) in [4.78, 5) is 10.3. The molecule has 10 aromatic rings. The molecule has 0 fully saturated rings. The number of rotatable bonds is 4. The van der Waals surface area contributed by atoms with Crippen LogP contribution in [0.2, 0.25) is 0 Å². The Morgan fingerprint density at radius 2 is 0.949 bits per heavy atom. The van der Waals surface area contributed by atoms with Crippen molar-refractivity contribution in [2.45, 2.75) is 19.3 Å². The Morgan fingerprint density at radius 3 is 1.69 bits per heavy atom. The standard InChI is InChI=1S/C55H36N2O2/c1-55(2)45-19-11-10-18-43(45)52-46(55)27-29-50-53(52)59-51-31-36(25-28-49(51)58-50)33-20-22-34(23-21-33)47-32-48(57-54(56-47)35-12-4-3-5-13-35)37-24-26-42-40-16-7-6-14-38(40)39-15-8-9-17-41(39)44(42)30-37/h3-32H,1-2H3. The van der Waals surface area contributed by atoms with Crippen molar-refractivity contribution in [3.8, 4) is 79.2 Å². The minimum Gasteiger partial charge on any atom is -0.449 e. The third-order valence-corrected chi connectivity index (χ3v) is 12.4. The highest BCUT2D eigenvalue weighted by Crippen LogP contribution is 2.58. The number of hydrogen-bond donors (Lipinski definition) is 0. The molecule has 0 atom stereocenters. The summed E-state index contributed by atoms with van der Waals surface area (Å²) in [5.41, 5.74) is 11.6. The molecule has 1 aromatic heterocycles. The SMILES string of the molecule is CC1(C)c2ccccc2-c2c1ccc1c2Oc2cc(-c3ccc(-c4cc(-c5ccc6c7ccccc7c7ccccc7c6c5)nc(-c5ccccc5)n4)cc3)ccc2O1. The summed E-state index contributed by atoms with van der Waals surface area (Å²) in [6.07, 6.45) is 0. The van der Waals surface area contributed by atoms with Gasteiger partial charge in [0.15, 0.2) is 28.8 Å². The molecule has 0 unspecified atom stereocenters. The van der Waals surface area contributed by atoms with Gasteiger partial charge in [0.05, 0.1) is 11.4 Å². The molecule has 278 valence electrons. The van der Waals surface area contributed by atoms with Crippen LogP contribution < -0.4 is 9.47 Å². The molecule has 9 aromatic carbocycles. The molecular formula is C55H36N2O2. The van der Waals surface area contributed by atoms with Crippen LogP contribution in [-0.4, -0.2) is 9.97 Å². The van der Waals surface area contributed by atoms with E-state index in [4.69, 9.17) is 19.4 Å². The number of hydrogen-bond acceptors (Lipinski definition) is 4. The number of ether oxygens (including phenoxy) is 2. The van der Waals surface area contributed by atoms with Crippen LogP contribution in [-0.2, 0) is 5.41 Å². The van der Waals surface area contributed by atoms with Crippen molar-refractivity contribution in [3.63, 3.8) is 0 Å². The minimum absolute atomic E-state index is 0.125. The summed E-state index contributed by atoms with van der Waals surface area (Å²) < 4.78 is 13.2. The maximum Gasteiger partial charge on any atom is 0.178 e. The summed E-state index contributed by atoms with van der Waals surface area (Å²) >= 11 is 0. The molecule has 0 spiro atoms. The second-order valence-electron chi connectivity index (χ2n) is 16.1. The zero-order valence-corrected chi connectivity index (χ0v) is 32.5. The summed E-state index contributed by atoms with van der Waals surface area (Å²) in [6, 6.07) is 64.1. The lowest BCUT2D eigenvalue weighted by Gasteiger charge is -2.25. The smallest absolute Gasteiger partial charge is 0.178 e. The van der Waals surface area contributed by atoms with Gasteiger partial charge in [0, 0.05) is 27.7 Å². The first-order valence-corrected chi connectivity index (χ1v) is 20.1. The molecular weight excluding hydrogens is 721 g/mol. The highest BCUT2D eigenvalue weighted by Gasteiger charge is 2.39. The average Bonchev–Trinajstić information content (AvgIpc) is 3.54. The summed E-state index contributed by atoms with van der Waals surface area (Å²) in [7, 11) is 0. The fourth-order valence-electron chi connectivity index (χ4n) is 9.36. The van der Waals surface area contributed by atoms with Gasteiger partial charge in [0.1, 0.15) is 0 Å². The maximum absolute atomic E-state index is 6.77. The van der Waals surface area contributed by atoms with E-state index >= 15 is 0 Å². The lowest BCUT2D eigenvalue weighted by Crippen LogP contribution is -2.15. The lowest BCUT2D eigenvalue weighted by molar-refractivity contribution is 0.360. The predicted octanol–water partition coefficient (Wildman–Crippen LogP) is 14.8. The molecule has 12 rings (SSSR count). The molecule has 0 saturated heterocycles. The van der Waals surface area contributed by atoms with Gasteiger partial charge in [-0.2, -0.15) is 0 Å². The van der Waals surface area contributed by atoms with Crippen molar-refractivity contribution in [1.29, 1.82) is 0 Å². The Bertz CT molecular complexity index is 3320. The van der Waals surface area contributed by atoms with E-state index in [0.717, 1.165) is 56.3 Å². The fraction of sp³-hybridized carbons (Fsp3) is 0.0545. The second kappa shape index (κ2) is 12.7. The third kappa shape index (κ3) is 5.23. The molecule has 0 N–H and O–H groups in total. The van der Waals surface area contributed by atoms with Crippen LogP contribution in [0.5, 0.6) is 23.0 Å². The molecule has 0 amide bonds. The van der Waals surface area contributed by atoms with Gasteiger partial charge in [-0.1, -0.05) is 166 Å². The zero-order chi connectivity index (χ0) is 39.2. The molecule has 2 aliphatic rings. The van der Waals surface area contributed by atoms with Crippen LogP contribution in [0, 0.1) is 0 Å². The van der Waals surface area contributed by atoms with Gasteiger partial charge in [0.25, 0.3) is 0 Å². The monoisotopic (exact) mass is 756 g/mol. The van der Waals surface area contributed by atoms with Crippen molar-refractivity contribution in [2.24, 2.45) is 0 Å². The molecule has 4 nitrogen and oxygen atoms in total. The Balaban J connectivity index is 0.922. The Morgan fingerprint density at radius 1 is 0.373 bits per heavy atom. The van der Waals surface area contributed by atoms with Crippen LogP contribution in [0.4, 0.5) is 0 Å². The van der Waals surface area contributed by atoms with E-state index in [-0.39, 0.29) is 5.41 Å². The van der Waals surface area contributed by atoms with Crippen LogP contribution >= 0.6 is 0 Å². The van der Waals surface area contributed by atoms with Crippen molar-refractivity contribution >= 4 is 32.3 Å². The number of fused-ring (bicyclic) bond motifs is 12. The first-order chi connectivity index (χ1) is 29.0.